The van der Waals surface area contributed by atoms with Crippen molar-refractivity contribution in [3.63, 3.8) is 0 Å². The number of ether oxygens (including phenoxy) is 2. The zero-order valence-electron chi connectivity index (χ0n) is 18.0. The van der Waals surface area contributed by atoms with Crippen molar-refractivity contribution in [2.24, 2.45) is 5.92 Å². The van der Waals surface area contributed by atoms with E-state index in [-0.39, 0.29) is 17.4 Å². The molecule has 1 heterocycles. The molecule has 2 aromatic carbocycles. The van der Waals surface area contributed by atoms with E-state index in [1.54, 1.807) is 24.3 Å². The number of carbonyl (C=O) groups excluding carboxylic acids is 1. The van der Waals surface area contributed by atoms with Gasteiger partial charge in [0.25, 0.3) is 0 Å². The number of carboxylic acid groups (broad SMARTS) is 1. The number of carboxylic acids is 1. The van der Waals surface area contributed by atoms with E-state index in [1.807, 2.05) is 26.0 Å². The zero-order valence-corrected chi connectivity index (χ0v) is 18.0. The summed E-state index contributed by atoms with van der Waals surface area (Å²) in [4.78, 5) is 24.2. The van der Waals surface area contributed by atoms with E-state index in [2.05, 4.69) is 17.4 Å². The largest absolute Gasteiger partial charge is 0.478 e. The Morgan fingerprint density at radius 2 is 1.87 bits per heavy atom. The fourth-order valence-electron chi connectivity index (χ4n) is 3.97. The molecular weight excluding hydrogens is 394 g/mol. The second kappa shape index (κ2) is 8.81. The van der Waals surface area contributed by atoms with Gasteiger partial charge < -0.3 is 19.9 Å². The van der Waals surface area contributed by atoms with Crippen LogP contribution in [0.4, 0.5) is 0 Å². The first-order valence-electron chi connectivity index (χ1n) is 10.8. The molecule has 1 unspecified atom stereocenters. The SMILES string of the molecule is CC(C)C(OCc1cccc(C2COC2)c1)C(=O)NC1(c2ccc(C(=O)O)cc2)CC1. The predicted octanol–water partition coefficient (Wildman–Crippen LogP) is 3.85. The van der Waals surface area contributed by atoms with Crippen LogP contribution in [-0.2, 0) is 26.4 Å². The summed E-state index contributed by atoms with van der Waals surface area (Å²) in [5.74, 6) is -0.610. The summed E-state index contributed by atoms with van der Waals surface area (Å²) in [6.07, 6.45) is 1.11. The first-order valence-corrected chi connectivity index (χ1v) is 10.8. The predicted molar refractivity (Wildman–Crippen MR) is 116 cm³/mol. The van der Waals surface area contributed by atoms with Gasteiger partial charge in [-0.25, -0.2) is 4.79 Å². The smallest absolute Gasteiger partial charge is 0.335 e. The summed E-state index contributed by atoms with van der Waals surface area (Å²) in [6.45, 7) is 5.85. The highest BCUT2D eigenvalue weighted by molar-refractivity contribution is 5.87. The van der Waals surface area contributed by atoms with E-state index in [0.717, 1.165) is 37.2 Å². The molecule has 1 amide bonds. The third kappa shape index (κ3) is 4.81. The Bertz CT molecular complexity index is 945. The Morgan fingerprint density at radius 1 is 1.16 bits per heavy atom. The van der Waals surface area contributed by atoms with Crippen LogP contribution in [-0.4, -0.2) is 36.3 Å². The highest BCUT2D eigenvalue weighted by Gasteiger charge is 2.46. The molecule has 31 heavy (non-hydrogen) atoms. The van der Waals surface area contributed by atoms with Crippen LogP contribution in [0, 0.1) is 5.92 Å². The molecule has 2 aromatic rings. The van der Waals surface area contributed by atoms with Crippen molar-refractivity contribution in [2.75, 3.05) is 13.2 Å². The standard InChI is InChI=1S/C25H29NO5/c1-16(2)22(31-13-17-4-3-5-19(12-17)20-14-30-15-20)23(27)26-25(10-11-25)21-8-6-18(7-9-21)24(28)29/h3-9,12,16,20,22H,10-11,13-15H2,1-2H3,(H,26,27)(H,28,29). The number of hydrogen-bond acceptors (Lipinski definition) is 4. The van der Waals surface area contributed by atoms with Crippen LogP contribution in [0.15, 0.2) is 48.5 Å². The Balaban J connectivity index is 1.40. The van der Waals surface area contributed by atoms with Gasteiger partial charge >= 0.3 is 5.97 Å². The van der Waals surface area contributed by atoms with Crippen LogP contribution in [0.5, 0.6) is 0 Å². The first-order chi connectivity index (χ1) is 14.9. The van der Waals surface area contributed by atoms with Crippen molar-refractivity contribution in [1.29, 1.82) is 0 Å². The minimum Gasteiger partial charge on any atom is -0.478 e. The zero-order chi connectivity index (χ0) is 22.0. The Morgan fingerprint density at radius 3 is 2.42 bits per heavy atom. The number of carbonyl (C=O) groups is 2. The lowest BCUT2D eigenvalue weighted by Gasteiger charge is -2.27. The highest BCUT2D eigenvalue weighted by Crippen LogP contribution is 2.45. The third-order valence-electron chi connectivity index (χ3n) is 6.15. The monoisotopic (exact) mass is 423 g/mol. The molecule has 1 aliphatic heterocycles. The van der Waals surface area contributed by atoms with Crippen molar-refractivity contribution >= 4 is 11.9 Å². The van der Waals surface area contributed by atoms with Crippen molar-refractivity contribution in [2.45, 2.75) is 50.9 Å². The van der Waals surface area contributed by atoms with Crippen molar-refractivity contribution in [3.05, 3.63) is 70.8 Å². The van der Waals surface area contributed by atoms with Gasteiger partial charge in [0.2, 0.25) is 5.91 Å². The lowest BCUT2D eigenvalue weighted by molar-refractivity contribution is -0.137. The van der Waals surface area contributed by atoms with E-state index in [1.165, 1.54) is 5.56 Å². The molecular formula is C25H29NO5. The molecule has 2 aliphatic rings. The number of hydrogen-bond donors (Lipinski definition) is 2. The Labute approximate surface area is 182 Å². The van der Waals surface area contributed by atoms with Crippen molar-refractivity contribution < 1.29 is 24.2 Å². The van der Waals surface area contributed by atoms with Gasteiger partial charge in [-0.3, -0.25) is 4.79 Å². The second-order valence-corrected chi connectivity index (χ2v) is 8.91. The van der Waals surface area contributed by atoms with Gasteiger partial charge in [-0.05, 0) is 47.6 Å². The van der Waals surface area contributed by atoms with Crippen LogP contribution in [0.1, 0.15) is 59.7 Å². The maximum atomic E-state index is 13.1. The summed E-state index contributed by atoms with van der Waals surface area (Å²) < 4.78 is 11.4. The minimum absolute atomic E-state index is 0.0217. The van der Waals surface area contributed by atoms with Gasteiger partial charge in [0.15, 0.2) is 0 Å². The Hall–Kier alpha value is -2.70. The van der Waals surface area contributed by atoms with E-state index in [4.69, 9.17) is 14.6 Å². The number of benzene rings is 2. The fourth-order valence-corrected chi connectivity index (χ4v) is 3.97. The molecule has 1 saturated carbocycles. The molecule has 0 radical (unpaired) electrons. The third-order valence-corrected chi connectivity index (χ3v) is 6.15. The summed E-state index contributed by atoms with van der Waals surface area (Å²) in [5, 5.41) is 12.3. The van der Waals surface area contributed by atoms with Gasteiger partial charge in [0, 0.05) is 5.92 Å². The van der Waals surface area contributed by atoms with Crippen molar-refractivity contribution in [3.8, 4) is 0 Å². The molecule has 0 spiro atoms. The van der Waals surface area contributed by atoms with Gasteiger partial charge in [-0.15, -0.1) is 0 Å². The summed E-state index contributed by atoms with van der Waals surface area (Å²) in [7, 11) is 0. The lowest BCUT2D eigenvalue weighted by atomic mass is 9.96. The maximum Gasteiger partial charge on any atom is 0.335 e. The number of aromatic carboxylic acids is 1. The molecule has 2 N–H and O–H groups in total. The molecule has 4 rings (SSSR count). The van der Waals surface area contributed by atoms with Crippen molar-refractivity contribution in [1.82, 2.24) is 5.32 Å². The molecule has 2 fully saturated rings. The number of amides is 1. The quantitative estimate of drug-likeness (QED) is 0.640. The van der Waals surface area contributed by atoms with Gasteiger partial charge in [0.1, 0.15) is 6.10 Å². The molecule has 0 aromatic heterocycles. The van der Waals surface area contributed by atoms with Crippen LogP contribution in [0.25, 0.3) is 0 Å². The molecule has 1 atom stereocenters. The lowest BCUT2D eigenvalue weighted by Crippen LogP contribution is -2.44. The summed E-state index contributed by atoms with van der Waals surface area (Å²) in [6, 6.07) is 15.0. The topological polar surface area (TPSA) is 84.9 Å². The van der Waals surface area contributed by atoms with E-state index in [9.17, 15) is 9.59 Å². The maximum absolute atomic E-state index is 13.1. The molecule has 0 bridgehead atoms. The van der Waals surface area contributed by atoms with E-state index in [0.29, 0.717) is 12.5 Å². The molecule has 6 heteroatoms. The second-order valence-electron chi connectivity index (χ2n) is 8.91. The average molecular weight is 424 g/mol. The Kier molecular flexibility index (Phi) is 6.12. The molecule has 1 aliphatic carbocycles. The number of nitrogens with one attached hydrogen (secondary N) is 1. The van der Waals surface area contributed by atoms with Crippen LogP contribution in [0.2, 0.25) is 0 Å². The first kappa shape index (κ1) is 21.5. The highest BCUT2D eigenvalue weighted by atomic mass is 16.5. The normalized spacial score (nSPS) is 18.3. The van der Waals surface area contributed by atoms with E-state index >= 15 is 0 Å². The molecule has 1 saturated heterocycles. The fraction of sp³-hybridized carbons (Fsp3) is 0.440. The van der Waals surface area contributed by atoms with E-state index < -0.39 is 17.6 Å². The minimum atomic E-state index is -0.956. The van der Waals surface area contributed by atoms with Gasteiger partial charge in [-0.1, -0.05) is 50.2 Å². The van der Waals surface area contributed by atoms with Crippen LogP contribution >= 0.6 is 0 Å². The summed E-state index contributed by atoms with van der Waals surface area (Å²) >= 11 is 0. The van der Waals surface area contributed by atoms with Gasteiger partial charge in [0.05, 0.1) is 30.9 Å². The average Bonchev–Trinajstić information content (AvgIpc) is 3.47. The van der Waals surface area contributed by atoms with Gasteiger partial charge in [-0.2, -0.15) is 0 Å². The van der Waals surface area contributed by atoms with Crippen LogP contribution < -0.4 is 5.32 Å². The summed E-state index contributed by atoms with van der Waals surface area (Å²) in [5.41, 5.74) is 3.05. The number of rotatable bonds is 9. The molecule has 6 nitrogen and oxygen atoms in total. The molecule has 164 valence electrons. The van der Waals surface area contributed by atoms with Crippen LogP contribution in [0.3, 0.4) is 0 Å².